The van der Waals surface area contributed by atoms with Gasteiger partial charge in [0.1, 0.15) is 0 Å². The predicted molar refractivity (Wildman–Crippen MR) is 63.8 cm³/mol. The number of fused-ring (bicyclic) bond motifs is 1. The Morgan fingerprint density at radius 3 is 3.13 bits per heavy atom. The van der Waals surface area contributed by atoms with E-state index in [1.54, 1.807) is 0 Å². The van der Waals surface area contributed by atoms with E-state index < -0.39 is 0 Å². The molecule has 0 saturated heterocycles. The minimum atomic E-state index is 0.674. The molecule has 0 bridgehead atoms. The number of pyridine rings is 1. The third kappa shape index (κ3) is 2.62. The second-order valence-electron chi connectivity index (χ2n) is 3.59. The highest BCUT2D eigenvalue weighted by Crippen LogP contribution is 2.13. The zero-order valence-electron chi connectivity index (χ0n) is 8.69. The van der Waals surface area contributed by atoms with Crippen molar-refractivity contribution in [3.8, 4) is 0 Å². The van der Waals surface area contributed by atoms with E-state index in [-0.39, 0.29) is 0 Å². The van der Waals surface area contributed by atoms with Gasteiger partial charge in [0, 0.05) is 6.20 Å². The quantitative estimate of drug-likeness (QED) is 0.629. The average Bonchev–Trinajstić information content (AvgIpc) is 2.27. The Bertz CT molecular complexity index is 416. The molecule has 2 nitrogen and oxygen atoms in total. The number of hydrogen-bond acceptors (Lipinski definition) is 2. The lowest BCUT2D eigenvalue weighted by atomic mass is 10.1. The van der Waals surface area contributed by atoms with Crippen molar-refractivity contribution in [2.75, 3.05) is 0 Å². The maximum Gasteiger partial charge on any atom is 0.0813 e. The Kier molecular flexibility index (Phi) is 3.08. The van der Waals surface area contributed by atoms with Gasteiger partial charge in [-0.1, -0.05) is 30.4 Å². The van der Waals surface area contributed by atoms with Crippen LogP contribution < -0.4 is 0 Å². The summed E-state index contributed by atoms with van der Waals surface area (Å²) in [6.45, 7) is 4.67. The van der Waals surface area contributed by atoms with Crippen LogP contribution in [0.1, 0.15) is 24.1 Å². The molecular formula is C13H14N2. The van der Waals surface area contributed by atoms with E-state index in [1.807, 2.05) is 18.5 Å². The lowest BCUT2D eigenvalue weighted by molar-refractivity contribution is 0.967. The van der Waals surface area contributed by atoms with Crippen LogP contribution in [0, 0.1) is 0 Å². The highest BCUT2D eigenvalue weighted by molar-refractivity contribution is 5.60. The maximum atomic E-state index is 4.35. The second kappa shape index (κ2) is 4.69. The molecule has 1 aromatic rings. The summed E-state index contributed by atoms with van der Waals surface area (Å²) in [5.74, 6) is 0. The Morgan fingerprint density at radius 2 is 2.20 bits per heavy atom. The normalized spacial score (nSPS) is 18.3. The maximum absolute atomic E-state index is 4.35. The van der Waals surface area contributed by atoms with Crippen LogP contribution in [0.3, 0.4) is 0 Å². The zero-order valence-corrected chi connectivity index (χ0v) is 8.69. The van der Waals surface area contributed by atoms with E-state index in [1.165, 1.54) is 0 Å². The predicted octanol–water partition coefficient (Wildman–Crippen LogP) is 3.02. The third-order valence-corrected chi connectivity index (χ3v) is 2.39. The Balaban J connectivity index is 2.35. The number of allylic oxidation sites excluding steroid dienone is 2. The summed E-state index contributed by atoms with van der Waals surface area (Å²) in [5.41, 5.74) is 3.30. The largest absolute Gasteiger partial charge is 0.291 e. The molecule has 0 unspecified atom stereocenters. The molecule has 0 N–H and O–H groups in total. The molecule has 15 heavy (non-hydrogen) atoms. The molecule has 1 aliphatic rings. The Labute approximate surface area is 90.1 Å². The molecule has 2 rings (SSSR count). The standard InChI is InChI=1S/C13H14N2/c1-11-4-2-8-14-10-13-12(7-6-11)5-3-9-15-13/h3,5-9H,1-2,4,10H2/b7-6-,14-8?. The summed E-state index contributed by atoms with van der Waals surface area (Å²) >= 11 is 0. The van der Waals surface area contributed by atoms with E-state index in [0.717, 1.165) is 29.7 Å². The van der Waals surface area contributed by atoms with Gasteiger partial charge in [0.15, 0.2) is 0 Å². The fraction of sp³-hybridized carbons (Fsp3) is 0.231. The Hall–Kier alpha value is -1.70. The van der Waals surface area contributed by atoms with Crippen LogP contribution in [-0.4, -0.2) is 11.2 Å². The number of aliphatic imine (C=N–C) groups is 1. The van der Waals surface area contributed by atoms with Gasteiger partial charge in [-0.05, 0) is 30.7 Å². The minimum Gasteiger partial charge on any atom is -0.291 e. The van der Waals surface area contributed by atoms with Gasteiger partial charge in [-0.2, -0.15) is 0 Å². The van der Waals surface area contributed by atoms with Crippen LogP contribution in [0.2, 0.25) is 0 Å². The highest BCUT2D eigenvalue weighted by Gasteiger charge is 2.00. The van der Waals surface area contributed by atoms with Crippen molar-refractivity contribution in [1.82, 2.24) is 4.98 Å². The van der Waals surface area contributed by atoms with Crippen molar-refractivity contribution < 1.29 is 0 Å². The van der Waals surface area contributed by atoms with Gasteiger partial charge in [0.05, 0.1) is 12.2 Å². The smallest absolute Gasteiger partial charge is 0.0813 e. The van der Waals surface area contributed by atoms with Crippen molar-refractivity contribution in [2.24, 2.45) is 4.99 Å². The van der Waals surface area contributed by atoms with Crippen LogP contribution in [0.5, 0.6) is 0 Å². The first kappa shape index (κ1) is 9.84. The lowest BCUT2D eigenvalue weighted by Gasteiger charge is -2.04. The molecule has 0 atom stereocenters. The van der Waals surface area contributed by atoms with Crippen LogP contribution in [-0.2, 0) is 6.54 Å². The average molecular weight is 198 g/mol. The fourth-order valence-electron chi connectivity index (χ4n) is 1.52. The third-order valence-electron chi connectivity index (χ3n) is 2.39. The highest BCUT2D eigenvalue weighted by atomic mass is 14.8. The van der Waals surface area contributed by atoms with Gasteiger partial charge in [0.25, 0.3) is 0 Å². The second-order valence-corrected chi connectivity index (χ2v) is 3.59. The Morgan fingerprint density at radius 1 is 1.27 bits per heavy atom. The number of aromatic nitrogens is 1. The van der Waals surface area contributed by atoms with Crippen molar-refractivity contribution in [3.63, 3.8) is 0 Å². The molecular weight excluding hydrogens is 184 g/mol. The van der Waals surface area contributed by atoms with E-state index in [0.29, 0.717) is 6.54 Å². The molecule has 0 aromatic carbocycles. The first-order chi connectivity index (χ1) is 7.36. The number of nitrogens with zero attached hydrogens (tertiary/aromatic N) is 2. The molecule has 0 radical (unpaired) electrons. The van der Waals surface area contributed by atoms with Crippen molar-refractivity contribution in [2.45, 2.75) is 19.4 Å². The monoisotopic (exact) mass is 198 g/mol. The van der Waals surface area contributed by atoms with Crippen LogP contribution in [0.15, 0.2) is 41.6 Å². The van der Waals surface area contributed by atoms with Crippen LogP contribution in [0.4, 0.5) is 0 Å². The van der Waals surface area contributed by atoms with Gasteiger partial charge >= 0.3 is 0 Å². The summed E-state index contributed by atoms with van der Waals surface area (Å²) in [7, 11) is 0. The van der Waals surface area contributed by atoms with Crippen molar-refractivity contribution >= 4 is 12.3 Å². The molecule has 0 aliphatic carbocycles. The van der Waals surface area contributed by atoms with Gasteiger partial charge < -0.3 is 0 Å². The summed E-state index contributed by atoms with van der Waals surface area (Å²) in [5, 5.41) is 0. The number of hydrogen-bond donors (Lipinski definition) is 0. The van der Waals surface area contributed by atoms with Crippen LogP contribution in [0.25, 0.3) is 6.08 Å². The number of rotatable bonds is 0. The summed E-state index contributed by atoms with van der Waals surface area (Å²) in [6, 6.07) is 4.00. The molecule has 2 heteroatoms. The SMILES string of the molecule is C=C1/C=C\c2cccnc2CN=CCC1. The lowest BCUT2D eigenvalue weighted by Crippen LogP contribution is -1.93. The van der Waals surface area contributed by atoms with Gasteiger partial charge in [-0.25, -0.2) is 0 Å². The van der Waals surface area contributed by atoms with Gasteiger partial charge in [-0.3, -0.25) is 9.98 Å². The van der Waals surface area contributed by atoms with Crippen molar-refractivity contribution in [3.05, 3.63) is 47.8 Å². The molecule has 2 heterocycles. The molecule has 0 fully saturated rings. The molecule has 0 spiro atoms. The van der Waals surface area contributed by atoms with Gasteiger partial charge in [0.2, 0.25) is 0 Å². The minimum absolute atomic E-state index is 0.674. The van der Waals surface area contributed by atoms with E-state index in [4.69, 9.17) is 0 Å². The van der Waals surface area contributed by atoms with Crippen molar-refractivity contribution in [1.29, 1.82) is 0 Å². The topological polar surface area (TPSA) is 25.2 Å². The first-order valence-electron chi connectivity index (χ1n) is 5.14. The molecule has 0 saturated carbocycles. The van der Waals surface area contributed by atoms with Crippen LogP contribution >= 0.6 is 0 Å². The zero-order chi connectivity index (χ0) is 10.5. The fourth-order valence-corrected chi connectivity index (χ4v) is 1.52. The summed E-state index contributed by atoms with van der Waals surface area (Å²) in [4.78, 5) is 8.67. The van der Waals surface area contributed by atoms with Gasteiger partial charge in [-0.15, -0.1) is 0 Å². The summed E-state index contributed by atoms with van der Waals surface area (Å²) in [6.07, 6.45) is 9.86. The van der Waals surface area contributed by atoms with E-state index >= 15 is 0 Å². The first-order valence-corrected chi connectivity index (χ1v) is 5.14. The van der Waals surface area contributed by atoms with E-state index in [2.05, 4.69) is 34.8 Å². The molecule has 1 aromatic heterocycles. The molecule has 0 amide bonds. The molecule has 76 valence electrons. The molecule has 1 aliphatic heterocycles. The summed E-state index contributed by atoms with van der Waals surface area (Å²) < 4.78 is 0. The van der Waals surface area contributed by atoms with E-state index in [9.17, 15) is 0 Å².